The van der Waals surface area contributed by atoms with Gasteiger partial charge in [-0.05, 0) is 44.4 Å². The molecule has 0 saturated heterocycles. The SMILES string of the molecule is CN(C)Cc1c(-c2ccc(Cl)cc2Cl)[nH]n2c(=O)c3ccccc3nc12. The van der Waals surface area contributed by atoms with Crippen molar-refractivity contribution in [1.29, 1.82) is 0 Å². The number of benzene rings is 2. The van der Waals surface area contributed by atoms with Crippen molar-refractivity contribution >= 4 is 39.8 Å². The van der Waals surface area contributed by atoms with Gasteiger partial charge in [-0.3, -0.25) is 9.89 Å². The van der Waals surface area contributed by atoms with Crippen LogP contribution in [0.2, 0.25) is 10.0 Å². The molecule has 26 heavy (non-hydrogen) atoms. The van der Waals surface area contributed by atoms with Crippen LogP contribution in [0.3, 0.4) is 0 Å². The number of hydrogen-bond donors (Lipinski definition) is 1. The number of aromatic nitrogens is 3. The number of nitrogens with zero attached hydrogens (tertiary/aromatic N) is 3. The number of halogens is 2. The second kappa shape index (κ2) is 6.43. The van der Waals surface area contributed by atoms with Gasteiger partial charge in [0.1, 0.15) is 0 Å². The summed E-state index contributed by atoms with van der Waals surface area (Å²) in [6.45, 7) is 0.603. The number of aromatic amines is 1. The fourth-order valence-corrected chi connectivity index (χ4v) is 3.61. The van der Waals surface area contributed by atoms with E-state index in [-0.39, 0.29) is 5.56 Å². The number of fused-ring (bicyclic) bond motifs is 2. The van der Waals surface area contributed by atoms with Gasteiger partial charge in [0.05, 0.1) is 21.6 Å². The van der Waals surface area contributed by atoms with E-state index in [0.717, 1.165) is 16.8 Å². The first-order chi connectivity index (χ1) is 12.5. The molecule has 0 bridgehead atoms. The van der Waals surface area contributed by atoms with E-state index in [1.165, 1.54) is 4.52 Å². The van der Waals surface area contributed by atoms with E-state index in [1.54, 1.807) is 18.2 Å². The number of H-pyrrole nitrogens is 1. The summed E-state index contributed by atoms with van der Waals surface area (Å²) in [6, 6.07) is 12.6. The van der Waals surface area contributed by atoms with Crippen molar-refractivity contribution < 1.29 is 0 Å². The van der Waals surface area contributed by atoms with Gasteiger partial charge in [0.15, 0.2) is 5.65 Å². The number of nitrogens with one attached hydrogen (secondary N) is 1. The van der Waals surface area contributed by atoms with E-state index in [9.17, 15) is 4.79 Å². The Labute approximate surface area is 159 Å². The van der Waals surface area contributed by atoms with Gasteiger partial charge in [0.25, 0.3) is 5.56 Å². The van der Waals surface area contributed by atoms with E-state index >= 15 is 0 Å². The Bertz CT molecular complexity index is 1190. The minimum absolute atomic E-state index is 0.137. The Balaban J connectivity index is 2.10. The van der Waals surface area contributed by atoms with Crippen molar-refractivity contribution in [3.05, 3.63) is 68.4 Å². The van der Waals surface area contributed by atoms with Gasteiger partial charge < -0.3 is 4.90 Å². The molecule has 2 aromatic carbocycles. The van der Waals surface area contributed by atoms with Crippen molar-refractivity contribution in [2.45, 2.75) is 6.54 Å². The van der Waals surface area contributed by atoms with Crippen LogP contribution in [0, 0.1) is 0 Å². The van der Waals surface area contributed by atoms with Crippen LogP contribution in [0.1, 0.15) is 5.56 Å². The molecule has 0 amide bonds. The highest BCUT2D eigenvalue weighted by Gasteiger charge is 2.19. The van der Waals surface area contributed by atoms with Crippen LogP contribution in [0.5, 0.6) is 0 Å². The average molecular weight is 387 g/mol. The van der Waals surface area contributed by atoms with Crippen molar-refractivity contribution in [1.82, 2.24) is 19.5 Å². The molecular weight excluding hydrogens is 371 g/mol. The van der Waals surface area contributed by atoms with Gasteiger partial charge in [-0.15, -0.1) is 0 Å². The second-order valence-electron chi connectivity index (χ2n) is 6.42. The fraction of sp³-hybridized carbons (Fsp3) is 0.158. The minimum atomic E-state index is -0.137. The molecule has 7 heteroatoms. The molecule has 5 nitrogen and oxygen atoms in total. The lowest BCUT2D eigenvalue weighted by Crippen LogP contribution is -2.16. The van der Waals surface area contributed by atoms with Crippen molar-refractivity contribution in [2.75, 3.05) is 14.1 Å². The first-order valence-electron chi connectivity index (χ1n) is 8.08. The predicted octanol–water partition coefficient (Wildman–Crippen LogP) is 4.21. The molecule has 2 heterocycles. The summed E-state index contributed by atoms with van der Waals surface area (Å²) in [5, 5.41) is 4.84. The molecule has 132 valence electrons. The molecular formula is C19H16Cl2N4O. The topological polar surface area (TPSA) is 53.4 Å². The first-order valence-corrected chi connectivity index (χ1v) is 8.84. The third-order valence-corrected chi connectivity index (χ3v) is 4.79. The zero-order chi connectivity index (χ0) is 18.4. The smallest absolute Gasteiger partial charge is 0.280 e. The Morgan fingerprint density at radius 1 is 1.15 bits per heavy atom. The van der Waals surface area contributed by atoms with Crippen molar-refractivity contribution in [3.8, 4) is 11.3 Å². The average Bonchev–Trinajstić information content (AvgIpc) is 2.93. The molecule has 0 radical (unpaired) electrons. The number of para-hydroxylation sites is 1. The summed E-state index contributed by atoms with van der Waals surface area (Å²) < 4.78 is 1.49. The summed E-state index contributed by atoms with van der Waals surface area (Å²) in [6.07, 6.45) is 0. The van der Waals surface area contributed by atoms with E-state index in [2.05, 4.69) is 5.10 Å². The third kappa shape index (κ3) is 2.78. The maximum Gasteiger partial charge on any atom is 0.280 e. The van der Waals surface area contributed by atoms with Gasteiger partial charge in [0, 0.05) is 22.7 Å². The normalized spacial score (nSPS) is 11.7. The maximum atomic E-state index is 12.9. The summed E-state index contributed by atoms with van der Waals surface area (Å²) >= 11 is 12.5. The van der Waals surface area contributed by atoms with Gasteiger partial charge in [-0.2, -0.15) is 0 Å². The lowest BCUT2D eigenvalue weighted by molar-refractivity contribution is 0.404. The molecule has 0 spiro atoms. The van der Waals surface area contributed by atoms with Crippen molar-refractivity contribution in [2.24, 2.45) is 0 Å². The number of rotatable bonds is 3. The highest BCUT2D eigenvalue weighted by Crippen LogP contribution is 2.33. The van der Waals surface area contributed by atoms with E-state index in [4.69, 9.17) is 28.2 Å². The van der Waals surface area contributed by atoms with Crippen molar-refractivity contribution in [3.63, 3.8) is 0 Å². The van der Waals surface area contributed by atoms with Gasteiger partial charge in [-0.1, -0.05) is 35.3 Å². The molecule has 4 aromatic rings. The molecule has 2 aromatic heterocycles. The van der Waals surface area contributed by atoms with Crippen LogP contribution in [-0.4, -0.2) is 33.6 Å². The zero-order valence-electron chi connectivity index (χ0n) is 14.3. The molecule has 0 aliphatic heterocycles. The summed E-state index contributed by atoms with van der Waals surface area (Å²) in [7, 11) is 3.94. The van der Waals surface area contributed by atoms with E-state index < -0.39 is 0 Å². The molecule has 0 atom stereocenters. The molecule has 4 rings (SSSR count). The van der Waals surface area contributed by atoms with Crippen LogP contribution in [0.25, 0.3) is 27.8 Å². The summed E-state index contributed by atoms with van der Waals surface area (Å²) in [5.41, 5.74) is 3.58. The summed E-state index contributed by atoms with van der Waals surface area (Å²) in [4.78, 5) is 19.7. The third-order valence-electron chi connectivity index (χ3n) is 4.25. The Kier molecular flexibility index (Phi) is 4.23. The monoisotopic (exact) mass is 386 g/mol. The summed E-state index contributed by atoms with van der Waals surface area (Å²) in [5.74, 6) is 0. The molecule has 0 unspecified atom stereocenters. The van der Waals surface area contributed by atoms with Crippen LogP contribution < -0.4 is 5.56 Å². The molecule has 0 fully saturated rings. The number of hydrogen-bond acceptors (Lipinski definition) is 3. The first kappa shape index (κ1) is 17.1. The quantitative estimate of drug-likeness (QED) is 0.573. The van der Waals surface area contributed by atoms with E-state index in [1.807, 2.05) is 43.3 Å². The fourth-order valence-electron chi connectivity index (χ4n) is 3.11. The lowest BCUT2D eigenvalue weighted by atomic mass is 10.1. The highest BCUT2D eigenvalue weighted by atomic mass is 35.5. The standard InChI is InChI=1S/C19H16Cl2N4O/c1-24(2)10-14-17(12-8-7-11(20)9-15(12)21)23-25-18(14)22-16-6-4-3-5-13(16)19(25)26/h3-9,23H,10H2,1-2H3. The Morgan fingerprint density at radius 2 is 1.92 bits per heavy atom. The van der Waals surface area contributed by atoms with Crippen LogP contribution in [-0.2, 0) is 6.54 Å². The Morgan fingerprint density at radius 3 is 2.65 bits per heavy atom. The largest absolute Gasteiger partial charge is 0.305 e. The predicted molar refractivity (Wildman–Crippen MR) is 106 cm³/mol. The van der Waals surface area contributed by atoms with Crippen LogP contribution >= 0.6 is 23.2 Å². The zero-order valence-corrected chi connectivity index (χ0v) is 15.8. The highest BCUT2D eigenvalue weighted by molar-refractivity contribution is 6.36. The van der Waals surface area contributed by atoms with Crippen LogP contribution in [0.4, 0.5) is 0 Å². The van der Waals surface area contributed by atoms with Gasteiger partial charge in [0.2, 0.25) is 0 Å². The molecule has 0 aliphatic rings. The van der Waals surface area contributed by atoms with Gasteiger partial charge >= 0.3 is 0 Å². The molecule has 0 aliphatic carbocycles. The van der Waals surface area contributed by atoms with Gasteiger partial charge in [-0.25, -0.2) is 9.50 Å². The minimum Gasteiger partial charge on any atom is -0.305 e. The molecule has 0 saturated carbocycles. The van der Waals surface area contributed by atoms with Crippen LogP contribution in [0.15, 0.2) is 47.3 Å². The molecule has 1 N–H and O–H groups in total. The van der Waals surface area contributed by atoms with E-state index in [0.29, 0.717) is 33.1 Å². The Hall–Kier alpha value is -2.34. The second-order valence-corrected chi connectivity index (χ2v) is 7.26. The maximum absolute atomic E-state index is 12.9. The lowest BCUT2D eigenvalue weighted by Gasteiger charge is -2.11.